The maximum atomic E-state index is 8.30. The van der Waals surface area contributed by atoms with Gasteiger partial charge in [0.15, 0.2) is 0 Å². The molecule has 0 unspecified atom stereocenters. The van der Waals surface area contributed by atoms with E-state index in [9.17, 15) is 0 Å². The van der Waals surface area contributed by atoms with Crippen molar-refractivity contribution in [3.63, 3.8) is 0 Å². The van der Waals surface area contributed by atoms with Gasteiger partial charge in [-0.1, -0.05) is 11.2 Å². The van der Waals surface area contributed by atoms with Crippen molar-refractivity contribution in [1.29, 1.82) is 0 Å². The van der Waals surface area contributed by atoms with Crippen LogP contribution in [0.15, 0.2) is 29.6 Å². The van der Waals surface area contributed by atoms with Crippen LogP contribution in [0.2, 0.25) is 0 Å². The summed E-state index contributed by atoms with van der Waals surface area (Å²) in [6.07, 6.45) is 3.20. The Morgan fingerprint density at radius 1 is 1.50 bits per heavy atom. The Kier molecular flexibility index (Phi) is 1.75. The molecular formula is C8H6N2OS. The van der Waals surface area contributed by atoms with Crippen molar-refractivity contribution in [3.05, 3.63) is 30.0 Å². The topological polar surface area (TPSA) is 45.5 Å². The number of hydrogen-bond acceptors (Lipinski definition) is 4. The second-order valence-electron chi connectivity index (χ2n) is 2.37. The number of hydrogen-bond donors (Lipinski definition) is 1. The Bertz CT molecular complexity index is 422. The summed E-state index contributed by atoms with van der Waals surface area (Å²) in [5, 5.41) is 12.3. The fourth-order valence-electron chi connectivity index (χ4n) is 1.04. The van der Waals surface area contributed by atoms with Gasteiger partial charge in [-0.3, -0.25) is 0 Å². The highest BCUT2D eigenvalue weighted by atomic mass is 32.1. The van der Waals surface area contributed by atoms with E-state index in [-0.39, 0.29) is 0 Å². The molecule has 12 heavy (non-hydrogen) atoms. The van der Waals surface area contributed by atoms with E-state index in [1.807, 2.05) is 18.2 Å². The van der Waals surface area contributed by atoms with Crippen LogP contribution in [0.3, 0.4) is 0 Å². The van der Waals surface area contributed by atoms with Gasteiger partial charge in [-0.05, 0) is 29.2 Å². The summed E-state index contributed by atoms with van der Waals surface area (Å²) in [6, 6.07) is 5.78. The number of nitrogens with zero attached hydrogens (tertiary/aromatic N) is 2. The minimum Gasteiger partial charge on any atom is -0.411 e. The summed E-state index contributed by atoms with van der Waals surface area (Å²) < 4.78 is 5.18. The van der Waals surface area contributed by atoms with Gasteiger partial charge >= 0.3 is 0 Å². The number of fused-ring (bicyclic) bond motifs is 1. The minimum absolute atomic E-state index is 0.880. The highest BCUT2D eigenvalue weighted by Crippen LogP contribution is 2.18. The first kappa shape index (κ1) is 7.24. The van der Waals surface area contributed by atoms with Gasteiger partial charge < -0.3 is 5.21 Å². The normalized spacial score (nSPS) is 11.3. The van der Waals surface area contributed by atoms with E-state index >= 15 is 0 Å². The van der Waals surface area contributed by atoms with Gasteiger partial charge in [0.2, 0.25) is 0 Å². The van der Waals surface area contributed by atoms with Crippen LogP contribution in [0.25, 0.3) is 10.1 Å². The van der Waals surface area contributed by atoms with E-state index in [2.05, 4.69) is 9.53 Å². The third-order valence-corrected chi connectivity index (χ3v) is 2.36. The molecule has 0 saturated heterocycles. The molecule has 0 aliphatic rings. The SMILES string of the molecule is O/N=C/c1ccc2sncc2c1. The van der Waals surface area contributed by atoms with E-state index < -0.39 is 0 Å². The fraction of sp³-hybridized carbons (Fsp3) is 0. The van der Waals surface area contributed by atoms with Crippen LogP contribution in [0, 0.1) is 0 Å². The van der Waals surface area contributed by atoms with Gasteiger partial charge in [0.05, 0.1) is 10.9 Å². The number of benzene rings is 1. The molecule has 1 aromatic heterocycles. The lowest BCUT2D eigenvalue weighted by Gasteiger charge is -1.90. The molecule has 0 bridgehead atoms. The van der Waals surface area contributed by atoms with E-state index in [0.29, 0.717) is 0 Å². The van der Waals surface area contributed by atoms with Crippen molar-refractivity contribution < 1.29 is 5.21 Å². The van der Waals surface area contributed by atoms with Crippen LogP contribution in [-0.4, -0.2) is 15.8 Å². The molecule has 3 nitrogen and oxygen atoms in total. The molecule has 2 rings (SSSR count). The van der Waals surface area contributed by atoms with Crippen molar-refractivity contribution in [3.8, 4) is 0 Å². The van der Waals surface area contributed by atoms with Crippen LogP contribution in [-0.2, 0) is 0 Å². The first-order valence-electron chi connectivity index (χ1n) is 3.42. The number of oxime groups is 1. The number of aromatic nitrogens is 1. The van der Waals surface area contributed by atoms with Gasteiger partial charge in [-0.2, -0.15) is 4.37 Å². The lowest BCUT2D eigenvalue weighted by molar-refractivity contribution is 0.322. The zero-order chi connectivity index (χ0) is 8.39. The molecule has 0 aliphatic heterocycles. The van der Waals surface area contributed by atoms with Crippen molar-refractivity contribution in [2.24, 2.45) is 5.16 Å². The summed E-state index contributed by atoms with van der Waals surface area (Å²) in [7, 11) is 0. The summed E-state index contributed by atoms with van der Waals surface area (Å²) in [5.74, 6) is 0. The zero-order valence-corrected chi connectivity index (χ0v) is 6.95. The monoisotopic (exact) mass is 178 g/mol. The fourth-order valence-corrected chi connectivity index (χ4v) is 1.66. The van der Waals surface area contributed by atoms with Gasteiger partial charge in [0.1, 0.15) is 0 Å². The molecule has 0 atom stereocenters. The highest BCUT2D eigenvalue weighted by molar-refractivity contribution is 7.13. The summed E-state index contributed by atoms with van der Waals surface area (Å²) >= 11 is 1.46. The predicted molar refractivity (Wildman–Crippen MR) is 49.0 cm³/mol. The van der Waals surface area contributed by atoms with Crippen molar-refractivity contribution >= 4 is 27.8 Å². The Morgan fingerprint density at radius 2 is 2.42 bits per heavy atom. The molecule has 4 heteroatoms. The third-order valence-electron chi connectivity index (χ3n) is 1.58. The number of rotatable bonds is 1. The Morgan fingerprint density at radius 3 is 3.25 bits per heavy atom. The molecule has 60 valence electrons. The molecule has 0 fully saturated rings. The average Bonchev–Trinajstić information content (AvgIpc) is 2.51. The quantitative estimate of drug-likeness (QED) is 0.413. The predicted octanol–water partition coefficient (Wildman–Crippen LogP) is 2.10. The average molecular weight is 178 g/mol. The van der Waals surface area contributed by atoms with Crippen LogP contribution in [0.5, 0.6) is 0 Å². The smallest absolute Gasteiger partial charge is 0.0734 e. The van der Waals surface area contributed by atoms with Crippen molar-refractivity contribution in [2.75, 3.05) is 0 Å². The van der Waals surface area contributed by atoms with Crippen LogP contribution < -0.4 is 0 Å². The second kappa shape index (κ2) is 2.91. The molecule has 2 aromatic rings. The van der Waals surface area contributed by atoms with E-state index in [1.54, 1.807) is 6.20 Å². The van der Waals surface area contributed by atoms with Crippen LogP contribution in [0.4, 0.5) is 0 Å². The van der Waals surface area contributed by atoms with Crippen LogP contribution in [0.1, 0.15) is 5.56 Å². The summed E-state index contributed by atoms with van der Waals surface area (Å²) in [6.45, 7) is 0. The van der Waals surface area contributed by atoms with Crippen molar-refractivity contribution in [1.82, 2.24) is 4.37 Å². The van der Waals surface area contributed by atoms with Gasteiger partial charge in [-0.15, -0.1) is 0 Å². The molecule has 0 saturated carbocycles. The molecule has 0 spiro atoms. The highest BCUT2D eigenvalue weighted by Gasteiger charge is 1.95. The summed E-state index contributed by atoms with van der Waals surface area (Å²) in [5.41, 5.74) is 0.880. The Hall–Kier alpha value is -1.42. The minimum atomic E-state index is 0.880. The molecule has 0 aliphatic carbocycles. The second-order valence-corrected chi connectivity index (χ2v) is 3.20. The zero-order valence-electron chi connectivity index (χ0n) is 6.14. The maximum absolute atomic E-state index is 8.30. The Balaban J connectivity index is 2.60. The largest absolute Gasteiger partial charge is 0.411 e. The molecule has 1 N–H and O–H groups in total. The van der Waals surface area contributed by atoms with Gasteiger partial charge in [-0.25, -0.2) is 0 Å². The Labute approximate surface area is 73.1 Å². The van der Waals surface area contributed by atoms with E-state index in [4.69, 9.17) is 5.21 Å². The van der Waals surface area contributed by atoms with Crippen LogP contribution >= 0.6 is 11.5 Å². The van der Waals surface area contributed by atoms with Gasteiger partial charge in [0, 0.05) is 11.6 Å². The lowest BCUT2D eigenvalue weighted by atomic mass is 10.2. The maximum Gasteiger partial charge on any atom is 0.0734 e. The molecule has 0 amide bonds. The van der Waals surface area contributed by atoms with E-state index in [0.717, 1.165) is 15.6 Å². The van der Waals surface area contributed by atoms with E-state index in [1.165, 1.54) is 17.7 Å². The third kappa shape index (κ3) is 1.16. The summed E-state index contributed by atoms with van der Waals surface area (Å²) in [4.78, 5) is 0. The molecule has 1 aromatic carbocycles. The first-order chi connectivity index (χ1) is 5.90. The molecule has 1 heterocycles. The van der Waals surface area contributed by atoms with Gasteiger partial charge in [0.25, 0.3) is 0 Å². The molecule has 0 radical (unpaired) electrons. The van der Waals surface area contributed by atoms with Crippen molar-refractivity contribution in [2.45, 2.75) is 0 Å². The molecular weight excluding hydrogens is 172 g/mol. The first-order valence-corrected chi connectivity index (χ1v) is 4.19. The standard InChI is InChI=1S/C8H6N2OS/c11-9-4-6-1-2-8-7(3-6)5-10-12-8/h1-5,11H/b9-4+. The lowest BCUT2D eigenvalue weighted by Crippen LogP contribution is -1.78.